The van der Waals surface area contributed by atoms with Crippen LogP contribution in [0.15, 0.2) is 42.5 Å². The van der Waals surface area contributed by atoms with E-state index in [9.17, 15) is 9.59 Å². The minimum atomic E-state index is -0.684. The van der Waals surface area contributed by atoms with Gasteiger partial charge in [0.25, 0.3) is 0 Å². The quantitative estimate of drug-likeness (QED) is 0.776. The van der Waals surface area contributed by atoms with Crippen LogP contribution in [0.2, 0.25) is 0 Å². The van der Waals surface area contributed by atoms with E-state index < -0.39 is 12.0 Å². The molecule has 0 aliphatic carbocycles. The van der Waals surface area contributed by atoms with E-state index in [1.807, 2.05) is 51.1 Å². The maximum atomic E-state index is 12.6. The van der Waals surface area contributed by atoms with Gasteiger partial charge in [0.1, 0.15) is 6.04 Å². The number of nitrogens with one attached hydrogen (secondary N) is 1. The van der Waals surface area contributed by atoms with Crippen molar-refractivity contribution >= 4 is 11.9 Å². The molecule has 0 fully saturated rings. The Balaban J connectivity index is 2.12. The van der Waals surface area contributed by atoms with Crippen LogP contribution in [0.25, 0.3) is 0 Å². The molecule has 0 bridgehead atoms. The molecule has 26 heavy (non-hydrogen) atoms. The summed E-state index contributed by atoms with van der Waals surface area (Å²) in [7, 11) is 0. The lowest BCUT2D eigenvalue weighted by Crippen LogP contribution is -2.44. The van der Waals surface area contributed by atoms with Gasteiger partial charge in [0.15, 0.2) is 0 Å². The lowest BCUT2D eigenvalue weighted by Gasteiger charge is -2.18. The Bertz CT molecular complexity index is 745. The van der Waals surface area contributed by atoms with Crippen molar-refractivity contribution in [2.75, 3.05) is 6.61 Å². The fourth-order valence-electron chi connectivity index (χ4n) is 3.18. The molecule has 2 aromatic rings. The molecule has 1 unspecified atom stereocenters. The highest BCUT2D eigenvalue weighted by Crippen LogP contribution is 2.17. The zero-order valence-corrected chi connectivity index (χ0v) is 16.0. The summed E-state index contributed by atoms with van der Waals surface area (Å²) in [6.07, 6.45) is 0.667. The molecule has 1 amide bonds. The van der Waals surface area contributed by atoms with E-state index in [2.05, 4.69) is 17.4 Å². The second-order valence-corrected chi connectivity index (χ2v) is 6.62. The van der Waals surface area contributed by atoms with Gasteiger partial charge in [-0.15, -0.1) is 0 Å². The van der Waals surface area contributed by atoms with Crippen molar-refractivity contribution in [2.24, 2.45) is 0 Å². The first-order valence-corrected chi connectivity index (χ1v) is 8.97. The first-order valence-electron chi connectivity index (χ1n) is 8.97. The summed E-state index contributed by atoms with van der Waals surface area (Å²) in [6.45, 7) is 8.11. The molecule has 4 nitrogen and oxygen atoms in total. The predicted molar refractivity (Wildman–Crippen MR) is 103 cm³/mol. The van der Waals surface area contributed by atoms with Crippen LogP contribution in [0.4, 0.5) is 0 Å². The molecule has 0 saturated heterocycles. The van der Waals surface area contributed by atoms with Crippen molar-refractivity contribution in [3.63, 3.8) is 0 Å². The number of benzene rings is 2. The Kier molecular flexibility index (Phi) is 6.96. The topological polar surface area (TPSA) is 55.4 Å². The van der Waals surface area contributed by atoms with Gasteiger partial charge in [0.2, 0.25) is 5.91 Å². The summed E-state index contributed by atoms with van der Waals surface area (Å²) in [5.74, 6) is -0.573. The van der Waals surface area contributed by atoms with Gasteiger partial charge in [-0.2, -0.15) is 0 Å². The number of rotatable bonds is 7. The molecule has 0 radical (unpaired) electrons. The summed E-state index contributed by atoms with van der Waals surface area (Å²) in [5, 5.41) is 2.85. The molecule has 138 valence electrons. The Morgan fingerprint density at radius 1 is 1.04 bits per heavy atom. The minimum absolute atomic E-state index is 0.172. The van der Waals surface area contributed by atoms with E-state index in [0.717, 1.165) is 22.3 Å². The van der Waals surface area contributed by atoms with Crippen LogP contribution in [0.3, 0.4) is 0 Å². The van der Waals surface area contributed by atoms with Gasteiger partial charge >= 0.3 is 5.97 Å². The van der Waals surface area contributed by atoms with Crippen LogP contribution >= 0.6 is 0 Å². The van der Waals surface area contributed by atoms with E-state index in [4.69, 9.17) is 4.74 Å². The molecular formula is C22H27NO3. The van der Waals surface area contributed by atoms with Crippen LogP contribution in [0.5, 0.6) is 0 Å². The van der Waals surface area contributed by atoms with Gasteiger partial charge in [-0.25, -0.2) is 4.79 Å². The average molecular weight is 353 g/mol. The smallest absolute Gasteiger partial charge is 0.328 e. The van der Waals surface area contributed by atoms with E-state index in [1.165, 1.54) is 5.56 Å². The maximum Gasteiger partial charge on any atom is 0.328 e. The van der Waals surface area contributed by atoms with E-state index in [-0.39, 0.29) is 18.9 Å². The molecule has 4 heteroatoms. The van der Waals surface area contributed by atoms with Crippen molar-refractivity contribution in [3.05, 3.63) is 70.3 Å². The van der Waals surface area contributed by atoms with Crippen molar-refractivity contribution < 1.29 is 14.3 Å². The molecule has 0 aromatic heterocycles. The van der Waals surface area contributed by atoms with Gasteiger partial charge in [-0.3, -0.25) is 4.79 Å². The van der Waals surface area contributed by atoms with Gasteiger partial charge < -0.3 is 10.1 Å². The molecule has 1 atom stereocenters. The van der Waals surface area contributed by atoms with E-state index in [0.29, 0.717) is 6.42 Å². The molecule has 0 aliphatic rings. The van der Waals surface area contributed by atoms with E-state index in [1.54, 1.807) is 6.92 Å². The number of amides is 1. The molecule has 1 N–H and O–H groups in total. The predicted octanol–water partition coefficient (Wildman–Crippen LogP) is 3.44. The second kappa shape index (κ2) is 9.18. The number of carbonyl (C=O) groups excluding carboxylic acids is 2. The largest absolute Gasteiger partial charge is 0.464 e. The lowest BCUT2D eigenvalue weighted by molar-refractivity contribution is -0.147. The Morgan fingerprint density at radius 3 is 2.23 bits per heavy atom. The summed E-state index contributed by atoms with van der Waals surface area (Å²) < 4.78 is 5.14. The molecule has 0 aliphatic heterocycles. The van der Waals surface area contributed by atoms with E-state index >= 15 is 0 Å². The number of aryl methyl sites for hydroxylation is 3. The molecule has 2 aromatic carbocycles. The number of hydrogen-bond acceptors (Lipinski definition) is 3. The van der Waals surface area contributed by atoms with Crippen LogP contribution in [0.1, 0.15) is 34.7 Å². The van der Waals surface area contributed by atoms with Crippen LogP contribution in [0, 0.1) is 20.8 Å². The molecule has 0 heterocycles. The van der Waals surface area contributed by atoms with Gasteiger partial charge in [-0.05, 0) is 49.9 Å². The monoisotopic (exact) mass is 353 g/mol. The van der Waals surface area contributed by atoms with Crippen LogP contribution in [-0.2, 0) is 27.2 Å². The summed E-state index contributed by atoms with van der Waals surface area (Å²) in [5.41, 5.74) is 5.35. The fourth-order valence-corrected chi connectivity index (χ4v) is 3.18. The van der Waals surface area contributed by atoms with Crippen molar-refractivity contribution in [3.8, 4) is 0 Å². The normalized spacial score (nSPS) is 11.7. The lowest BCUT2D eigenvalue weighted by atomic mass is 9.97. The zero-order valence-electron chi connectivity index (χ0n) is 16.0. The highest BCUT2D eigenvalue weighted by Gasteiger charge is 2.23. The number of ether oxygens (including phenoxy) is 1. The third-order valence-electron chi connectivity index (χ3n) is 4.37. The Morgan fingerprint density at radius 2 is 1.65 bits per heavy atom. The summed E-state index contributed by atoms with van der Waals surface area (Å²) in [6, 6.07) is 13.1. The Labute approximate surface area is 155 Å². The van der Waals surface area contributed by atoms with Gasteiger partial charge in [-0.1, -0.05) is 48.0 Å². The van der Waals surface area contributed by atoms with Crippen LogP contribution < -0.4 is 5.32 Å². The van der Waals surface area contributed by atoms with Crippen molar-refractivity contribution in [1.29, 1.82) is 0 Å². The standard InChI is InChI=1S/C22H27NO3/c1-5-26-22(25)20(13-18-9-7-6-8-10-18)23-21(24)14-19-16(3)11-15(2)12-17(19)4/h6-12,20H,5,13-14H2,1-4H3,(H,23,24). The number of esters is 1. The highest BCUT2D eigenvalue weighted by atomic mass is 16.5. The van der Waals surface area contributed by atoms with Crippen LogP contribution in [-0.4, -0.2) is 24.5 Å². The summed E-state index contributed by atoms with van der Waals surface area (Å²) >= 11 is 0. The molecular weight excluding hydrogens is 326 g/mol. The first-order chi connectivity index (χ1) is 12.4. The fraction of sp³-hybridized carbons (Fsp3) is 0.364. The Hall–Kier alpha value is -2.62. The highest BCUT2D eigenvalue weighted by molar-refractivity contribution is 5.86. The van der Waals surface area contributed by atoms with Crippen molar-refractivity contribution in [1.82, 2.24) is 5.32 Å². The third kappa shape index (κ3) is 5.45. The number of carbonyl (C=O) groups is 2. The third-order valence-corrected chi connectivity index (χ3v) is 4.37. The van der Waals surface area contributed by atoms with Crippen molar-refractivity contribution in [2.45, 2.75) is 46.6 Å². The number of hydrogen-bond donors (Lipinski definition) is 1. The minimum Gasteiger partial charge on any atom is -0.464 e. The van der Waals surface area contributed by atoms with Gasteiger partial charge in [0.05, 0.1) is 13.0 Å². The first kappa shape index (κ1) is 19.7. The SMILES string of the molecule is CCOC(=O)C(Cc1ccccc1)NC(=O)Cc1c(C)cc(C)cc1C. The average Bonchev–Trinajstić information content (AvgIpc) is 2.58. The maximum absolute atomic E-state index is 12.6. The molecule has 0 saturated carbocycles. The molecule has 0 spiro atoms. The second-order valence-electron chi connectivity index (χ2n) is 6.62. The molecule has 2 rings (SSSR count). The van der Waals surface area contributed by atoms with Gasteiger partial charge in [0, 0.05) is 6.42 Å². The summed E-state index contributed by atoms with van der Waals surface area (Å²) in [4.78, 5) is 24.9. The zero-order chi connectivity index (χ0) is 19.1.